The summed E-state index contributed by atoms with van der Waals surface area (Å²) in [5.41, 5.74) is 1.90. The standard InChI is InChI=1S/C21H24N2O5S/c1-13-5-4-6-18(11-13)23-29(26,27)19-12-16(8-7-14(19)2)21(25)28-15(3)20(24)22-17-9-10-17/h4-8,11-12,15,17,23H,9-10H2,1-3H3,(H,22,24). The van der Waals surface area contributed by atoms with E-state index in [9.17, 15) is 18.0 Å². The predicted molar refractivity (Wildman–Crippen MR) is 109 cm³/mol. The summed E-state index contributed by atoms with van der Waals surface area (Å²) in [7, 11) is -3.91. The average Bonchev–Trinajstić information content (AvgIpc) is 3.45. The lowest BCUT2D eigenvalue weighted by molar-refractivity contribution is -0.129. The van der Waals surface area contributed by atoms with Crippen LogP contribution in [0.1, 0.15) is 41.3 Å². The molecule has 0 spiro atoms. The Labute approximate surface area is 170 Å². The number of ether oxygens (including phenoxy) is 1. The molecular formula is C21H24N2O5S. The van der Waals surface area contributed by atoms with Crippen molar-refractivity contribution in [2.75, 3.05) is 4.72 Å². The van der Waals surface area contributed by atoms with Gasteiger partial charge in [0.05, 0.1) is 10.5 Å². The molecule has 0 radical (unpaired) electrons. The van der Waals surface area contributed by atoms with Crippen LogP contribution in [0.4, 0.5) is 5.69 Å². The van der Waals surface area contributed by atoms with Crippen LogP contribution in [-0.2, 0) is 19.6 Å². The molecule has 0 saturated heterocycles. The van der Waals surface area contributed by atoms with Gasteiger partial charge in [-0.05, 0) is 69.0 Å². The first-order valence-electron chi connectivity index (χ1n) is 9.37. The highest BCUT2D eigenvalue weighted by Crippen LogP contribution is 2.22. The van der Waals surface area contributed by atoms with Crippen molar-refractivity contribution in [1.82, 2.24) is 5.32 Å². The smallest absolute Gasteiger partial charge is 0.338 e. The van der Waals surface area contributed by atoms with E-state index < -0.39 is 22.1 Å². The summed E-state index contributed by atoms with van der Waals surface area (Å²) in [6.45, 7) is 4.99. The molecule has 2 aromatic carbocycles. The number of carbonyl (C=O) groups is 2. The molecule has 0 heterocycles. The van der Waals surface area contributed by atoms with Crippen LogP contribution >= 0.6 is 0 Å². The Morgan fingerprint density at radius 3 is 2.48 bits per heavy atom. The molecule has 0 bridgehead atoms. The maximum Gasteiger partial charge on any atom is 0.338 e. The molecule has 1 amide bonds. The summed E-state index contributed by atoms with van der Waals surface area (Å²) >= 11 is 0. The van der Waals surface area contributed by atoms with Gasteiger partial charge in [-0.1, -0.05) is 18.2 Å². The second kappa shape index (κ2) is 8.24. The van der Waals surface area contributed by atoms with Crippen molar-refractivity contribution in [2.24, 2.45) is 0 Å². The normalized spacial score (nSPS) is 14.7. The number of anilines is 1. The van der Waals surface area contributed by atoms with Crippen LogP contribution in [0.3, 0.4) is 0 Å². The highest BCUT2D eigenvalue weighted by molar-refractivity contribution is 7.92. The zero-order valence-electron chi connectivity index (χ0n) is 16.6. The first-order valence-corrected chi connectivity index (χ1v) is 10.9. The summed E-state index contributed by atoms with van der Waals surface area (Å²) in [6.07, 6.45) is 0.897. The summed E-state index contributed by atoms with van der Waals surface area (Å²) in [5.74, 6) is -1.11. The van der Waals surface area contributed by atoms with Crippen molar-refractivity contribution in [3.8, 4) is 0 Å². The van der Waals surface area contributed by atoms with Gasteiger partial charge < -0.3 is 10.1 Å². The third-order valence-electron chi connectivity index (χ3n) is 4.56. The van der Waals surface area contributed by atoms with Gasteiger partial charge >= 0.3 is 5.97 Å². The lowest BCUT2D eigenvalue weighted by Gasteiger charge is -2.15. The number of sulfonamides is 1. The van der Waals surface area contributed by atoms with Crippen molar-refractivity contribution in [3.63, 3.8) is 0 Å². The SMILES string of the molecule is Cc1cccc(NS(=O)(=O)c2cc(C(=O)OC(C)C(=O)NC3CC3)ccc2C)c1. The third-order valence-corrected chi connectivity index (χ3v) is 6.08. The minimum Gasteiger partial charge on any atom is -0.449 e. The fourth-order valence-corrected chi connectivity index (χ4v) is 4.08. The zero-order chi connectivity index (χ0) is 21.2. The molecule has 0 aromatic heterocycles. The van der Waals surface area contributed by atoms with E-state index in [0.717, 1.165) is 18.4 Å². The van der Waals surface area contributed by atoms with Gasteiger partial charge in [0.15, 0.2) is 6.10 Å². The third kappa shape index (κ3) is 5.35. The van der Waals surface area contributed by atoms with Gasteiger partial charge in [-0.25, -0.2) is 13.2 Å². The number of carbonyl (C=O) groups excluding carboxylic acids is 2. The first-order chi connectivity index (χ1) is 13.7. The van der Waals surface area contributed by atoms with Gasteiger partial charge in [0.25, 0.3) is 15.9 Å². The van der Waals surface area contributed by atoms with Crippen molar-refractivity contribution >= 4 is 27.6 Å². The number of nitrogens with one attached hydrogen (secondary N) is 2. The fraction of sp³-hybridized carbons (Fsp3) is 0.333. The molecular weight excluding hydrogens is 392 g/mol. The van der Waals surface area contributed by atoms with Gasteiger partial charge in [0, 0.05) is 11.7 Å². The van der Waals surface area contributed by atoms with Crippen molar-refractivity contribution in [3.05, 3.63) is 59.2 Å². The Balaban J connectivity index is 1.77. The van der Waals surface area contributed by atoms with Crippen LogP contribution in [-0.4, -0.2) is 32.4 Å². The molecule has 1 fully saturated rings. The summed E-state index contributed by atoms with van der Waals surface area (Å²) in [5, 5.41) is 2.76. The molecule has 1 saturated carbocycles. The van der Waals surface area contributed by atoms with Gasteiger partial charge in [0.1, 0.15) is 0 Å². The van der Waals surface area contributed by atoms with Crippen LogP contribution in [0.15, 0.2) is 47.4 Å². The monoisotopic (exact) mass is 416 g/mol. The van der Waals surface area contributed by atoms with E-state index >= 15 is 0 Å². The van der Waals surface area contributed by atoms with Gasteiger partial charge in [-0.2, -0.15) is 0 Å². The van der Waals surface area contributed by atoms with E-state index in [1.807, 2.05) is 13.0 Å². The average molecular weight is 416 g/mol. The Morgan fingerprint density at radius 2 is 1.83 bits per heavy atom. The maximum absolute atomic E-state index is 12.8. The van der Waals surface area contributed by atoms with Gasteiger partial charge in [0.2, 0.25) is 0 Å². The molecule has 3 rings (SSSR count). The molecule has 1 aliphatic carbocycles. The molecule has 29 heavy (non-hydrogen) atoms. The number of hydrogen-bond donors (Lipinski definition) is 2. The number of benzene rings is 2. The molecule has 2 aromatic rings. The number of rotatable bonds is 7. The first kappa shape index (κ1) is 20.9. The topological polar surface area (TPSA) is 102 Å². The van der Waals surface area contributed by atoms with Gasteiger partial charge in [-0.3, -0.25) is 9.52 Å². The maximum atomic E-state index is 12.8. The molecule has 2 N–H and O–H groups in total. The Kier molecular flexibility index (Phi) is 5.93. The highest BCUT2D eigenvalue weighted by Gasteiger charge is 2.28. The van der Waals surface area contributed by atoms with Gasteiger partial charge in [-0.15, -0.1) is 0 Å². The van der Waals surface area contributed by atoms with Crippen LogP contribution in [0.25, 0.3) is 0 Å². The van der Waals surface area contributed by atoms with Crippen molar-refractivity contribution < 1.29 is 22.7 Å². The Hall–Kier alpha value is -2.87. The minimum atomic E-state index is -3.91. The molecule has 7 nitrogen and oxygen atoms in total. The van der Waals surface area contributed by atoms with Crippen LogP contribution in [0.5, 0.6) is 0 Å². The second-order valence-electron chi connectivity index (χ2n) is 7.29. The lowest BCUT2D eigenvalue weighted by Crippen LogP contribution is -2.37. The predicted octanol–water partition coefficient (Wildman–Crippen LogP) is 2.93. The van der Waals surface area contributed by atoms with Crippen LogP contribution in [0, 0.1) is 13.8 Å². The fourth-order valence-electron chi connectivity index (χ4n) is 2.76. The highest BCUT2D eigenvalue weighted by atomic mass is 32.2. The number of esters is 1. The van der Waals surface area contributed by atoms with E-state index in [1.54, 1.807) is 25.1 Å². The van der Waals surface area contributed by atoms with Crippen LogP contribution in [0.2, 0.25) is 0 Å². The number of aryl methyl sites for hydroxylation is 2. The summed E-state index contributed by atoms with van der Waals surface area (Å²) < 4.78 is 33.4. The Bertz CT molecular complexity index is 1040. The van der Waals surface area contributed by atoms with Crippen molar-refractivity contribution in [1.29, 1.82) is 0 Å². The minimum absolute atomic E-state index is 0.0245. The lowest BCUT2D eigenvalue weighted by atomic mass is 10.1. The van der Waals surface area contributed by atoms with Crippen LogP contribution < -0.4 is 10.0 Å². The molecule has 1 aliphatic rings. The van der Waals surface area contributed by atoms with E-state index in [-0.39, 0.29) is 22.4 Å². The molecule has 1 unspecified atom stereocenters. The van der Waals surface area contributed by atoms with E-state index in [2.05, 4.69) is 10.0 Å². The molecule has 0 aliphatic heterocycles. The zero-order valence-corrected chi connectivity index (χ0v) is 17.4. The largest absolute Gasteiger partial charge is 0.449 e. The summed E-state index contributed by atoms with van der Waals surface area (Å²) in [4.78, 5) is 24.4. The Morgan fingerprint density at radius 1 is 1.10 bits per heavy atom. The van der Waals surface area contributed by atoms with Crippen molar-refractivity contribution in [2.45, 2.75) is 50.7 Å². The van der Waals surface area contributed by atoms with E-state index in [1.165, 1.54) is 25.1 Å². The molecule has 1 atom stereocenters. The summed E-state index contributed by atoms with van der Waals surface area (Å²) in [6, 6.07) is 11.4. The number of amides is 1. The van der Waals surface area contributed by atoms with E-state index in [4.69, 9.17) is 4.74 Å². The molecule has 8 heteroatoms. The number of hydrogen-bond acceptors (Lipinski definition) is 5. The molecule has 154 valence electrons. The second-order valence-corrected chi connectivity index (χ2v) is 8.94. The quantitative estimate of drug-likeness (QED) is 0.676. The van der Waals surface area contributed by atoms with E-state index in [0.29, 0.717) is 11.3 Å².